The summed E-state index contributed by atoms with van der Waals surface area (Å²) in [7, 11) is 3.13. The topological polar surface area (TPSA) is 83.6 Å². The van der Waals surface area contributed by atoms with E-state index in [1.54, 1.807) is 25.2 Å². The summed E-state index contributed by atoms with van der Waals surface area (Å²) in [6, 6.07) is 9.83. The molecule has 0 bridgehead atoms. The van der Waals surface area contributed by atoms with Gasteiger partial charge in [-0.1, -0.05) is 18.2 Å². The van der Waals surface area contributed by atoms with Crippen LogP contribution in [0.1, 0.15) is 49.0 Å². The lowest BCUT2D eigenvalue weighted by Gasteiger charge is -2.17. The van der Waals surface area contributed by atoms with Crippen molar-refractivity contribution in [2.75, 3.05) is 27.2 Å². The molecule has 0 aliphatic rings. The Bertz CT molecular complexity index is 1230. The lowest BCUT2D eigenvalue weighted by molar-refractivity contribution is -0.137. The van der Waals surface area contributed by atoms with E-state index in [9.17, 15) is 22.8 Å². The van der Waals surface area contributed by atoms with E-state index in [4.69, 9.17) is 4.74 Å². The molecule has 0 unspecified atom stereocenters. The first-order chi connectivity index (χ1) is 17.6. The maximum absolute atomic E-state index is 13.0. The minimum absolute atomic E-state index is 0.264. The van der Waals surface area contributed by atoms with Crippen LogP contribution in [0.5, 0.6) is 5.75 Å². The molecule has 0 saturated heterocycles. The van der Waals surface area contributed by atoms with Crippen LogP contribution in [0.3, 0.4) is 0 Å². The van der Waals surface area contributed by atoms with E-state index in [2.05, 4.69) is 15.6 Å². The maximum Gasteiger partial charge on any atom is 0.416 e. The fraction of sp³-hybridized carbons (Fsp3) is 0.346. The van der Waals surface area contributed by atoms with Crippen LogP contribution in [0, 0.1) is 6.92 Å². The number of ether oxygens (including phenoxy) is 1. The smallest absolute Gasteiger partial charge is 0.416 e. The van der Waals surface area contributed by atoms with Gasteiger partial charge in [0.15, 0.2) is 0 Å². The van der Waals surface area contributed by atoms with Crippen molar-refractivity contribution in [3.05, 3.63) is 80.8 Å². The molecule has 198 valence electrons. The van der Waals surface area contributed by atoms with Gasteiger partial charge in [0.1, 0.15) is 10.8 Å². The number of benzene rings is 2. The first-order valence-corrected chi connectivity index (χ1v) is 12.5. The van der Waals surface area contributed by atoms with Gasteiger partial charge in [-0.15, -0.1) is 11.3 Å². The third kappa shape index (κ3) is 8.29. The highest BCUT2D eigenvalue weighted by molar-refractivity contribution is 7.09. The molecule has 0 spiro atoms. The normalized spacial score (nSPS) is 11.3. The summed E-state index contributed by atoms with van der Waals surface area (Å²) in [5.41, 5.74) is 1.36. The molecule has 7 nitrogen and oxygen atoms in total. The van der Waals surface area contributed by atoms with Gasteiger partial charge in [-0.25, -0.2) is 4.98 Å². The minimum Gasteiger partial charge on any atom is -0.497 e. The summed E-state index contributed by atoms with van der Waals surface area (Å²) in [6.45, 7) is 3.37. The highest BCUT2D eigenvalue weighted by atomic mass is 32.1. The summed E-state index contributed by atoms with van der Waals surface area (Å²) in [5, 5.41) is 8.61. The third-order valence-electron chi connectivity index (χ3n) is 5.44. The number of thiazole rings is 1. The number of aryl methyl sites for hydroxylation is 1. The van der Waals surface area contributed by atoms with Crippen molar-refractivity contribution < 1.29 is 27.5 Å². The van der Waals surface area contributed by atoms with Gasteiger partial charge in [-0.2, -0.15) is 13.2 Å². The first-order valence-electron chi connectivity index (χ1n) is 11.6. The van der Waals surface area contributed by atoms with Crippen LogP contribution in [0.2, 0.25) is 0 Å². The van der Waals surface area contributed by atoms with Crippen LogP contribution in [0.25, 0.3) is 0 Å². The van der Waals surface area contributed by atoms with E-state index in [-0.39, 0.29) is 23.9 Å². The van der Waals surface area contributed by atoms with E-state index in [1.807, 2.05) is 12.3 Å². The molecule has 0 aliphatic carbocycles. The summed E-state index contributed by atoms with van der Waals surface area (Å²) in [5.74, 6) is -0.235. The van der Waals surface area contributed by atoms with Crippen LogP contribution in [-0.2, 0) is 19.3 Å². The second-order valence-corrected chi connectivity index (χ2v) is 9.42. The van der Waals surface area contributed by atoms with Crippen molar-refractivity contribution in [3.63, 3.8) is 0 Å². The van der Waals surface area contributed by atoms with Crippen molar-refractivity contribution in [2.24, 2.45) is 0 Å². The number of halogens is 3. The number of amides is 2. The van der Waals surface area contributed by atoms with Gasteiger partial charge in [0.25, 0.3) is 11.8 Å². The number of alkyl halides is 3. The zero-order valence-corrected chi connectivity index (χ0v) is 21.6. The summed E-state index contributed by atoms with van der Waals surface area (Å²) >= 11 is 1.48. The number of hydrogen-bond donors (Lipinski definition) is 2. The number of carbonyl (C=O) groups is 2. The SMILES string of the molecule is COc1cc(C(=O)NCCCNCc2cccc(C(F)(F)F)c2)cc(C(=O)N(C)Cc2nc(C)cs2)c1. The van der Waals surface area contributed by atoms with Gasteiger partial charge in [-0.3, -0.25) is 9.59 Å². The largest absolute Gasteiger partial charge is 0.497 e. The van der Waals surface area contributed by atoms with Crippen LogP contribution >= 0.6 is 11.3 Å². The molecule has 11 heteroatoms. The zero-order chi connectivity index (χ0) is 27.0. The Hall–Kier alpha value is -3.44. The molecule has 0 radical (unpaired) electrons. The number of rotatable bonds is 11. The average Bonchev–Trinajstić information content (AvgIpc) is 3.28. The Morgan fingerprint density at radius 1 is 1.11 bits per heavy atom. The molecule has 3 aromatic rings. The Labute approximate surface area is 217 Å². The second kappa shape index (κ2) is 12.7. The van der Waals surface area contributed by atoms with Gasteiger partial charge < -0.3 is 20.3 Å². The molecular weight excluding hydrogens is 505 g/mol. The van der Waals surface area contributed by atoms with Crippen molar-refractivity contribution in [2.45, 2.75) is 32.6 Å². The molecule has 0 atom stereocenters. The molecule has 3 rings (SSSR count). The molecule has 2 N–H and O–H groups in total. The Balaban J connectivity index is 1.50. The maximum atomic E-state index is 13.0. The van der Waals surface area contributed by atoms with Crippen molar-refractivity contribution in [1.82, 2.24) is 20.5 Å². The quantitative estimate of drug-likeness (QED) is 0.350. The highest BCUT2D eigenvalue weighted by Gasteiger charge is 2.30. The molecular formula is C26H29F3N4O3S. The summed E-state index contributed by atoms with van der Waals surface area (Å²) < 4.78 is 43.8. The van der Waals surface area contributed by atoms with Crippen molar-refractivity contribution in [1.29, 1.82) is 0 Å². The van der Waals surface area contributed by atoms with Gasteiger partial charge in [-0.05, 0) is 49.7 Å². The summed E-state index contributed by atoms with van der Waals surface area (Å²) in [4.78, 5) is 31.6. The van der Waals surface area contributed by atoms with E-state index in [0.29, 0.717) is 42.9 Å². The van der Waals surface area contributed by atoms with E-state index in [0.717, 1.165) is 22.8 Å². The van der Waals surface area contributed by atoms with Gasteiger partial charge in [0.2, 0.25) is 0 Å². The Morgan fingerprint density at radius 2 is 1.86 bits per heavy atom. The monoisotopic (exact) mass is 534 g/mol. The highest BCUT2D eigenvalue weighted by Crippen LogP contribution is 2.29. The molecule has 1 heterocycles. The molecule has 0 saturated carbocycles. The third-order valence-corrected chi connectivity index (χ3v) is 6.39. The molecule has 2 amide bonds. The predicted molar refractivity (Wildman–Crippen MR) is 136 cm³/mol. The molecule has 2 aromatic carbocycles. The van der Waals surface area contributed by atoms with Gasteiger partial charge >= 0.3 is 6.18 Å². The fourth-order valence-corrected chi connectivity index (χ4v) is 4.37. The Morgan fingerprint density at radius 3 is 2.54 bits per heavy atom. The van der Waals surface area contributed by atoms with Crippen LogP contribution < -0.4 is 15.4 Å². The number of carbonyl (C=O) groups excluding carboxylic acids is 2. The number of nitrogens with zero attached hydrogens (tertiary/aromatic N) is 2. The fourth-order valence-electron chi connectivity index (χ4n) is 3.55. The Kier molecular flexibility index (Phi) is 9.65. The standard InChI is InChI=1S/C26H29F3N4O3S/c1-17-16-37-23(32-17)15-33(2)25(35)20-11-19(12-22(13-20)36-3)24(34)31-9-5-8-30-14-18-6-4-7-21(10-18)26(27,28)29/h4,6-7,10-13,16,30H,5,8-9,14-15H2,1-3H3,(H,31,34). The van der Waals surface area contributed by atoms with E-state index >= 15 is 0 Å². The number of methoxy groups -OCH3 is 1. The summed E-state index contributed by atoms with van der Waals surface area (Å²) in [6.07, 6.45) is -3.81. The lowest BCUT2D eigenvalue weighted by Crippen LogP contribution is -2.29. The molecule has 37 heavy (non-hydrogen) atoms. The first kappa shape index (κ1) is 28.1. The van der Waals surface area contributed by atoms with E-state index in [1.165, 1.54) is 35.5 Å². The lowest BCUT2D eigenvalue weighted by atomic mass is 10.1. The number of hydrogen-bond acceptors (Lipinski definition) is 6. The predicted octanol–water partition coefficient (Wildman–Crippen LogP) is 4.66. The van der Waals surface area contributed by atoms with Crippen molar-refractivity contribution >= 4 is 23.2 Å². The van der Waals surface area contributed by atoms with Crippen LogP contribution in [0.15, 0.2) is 47.8 Å². The van der Waals surface area contributed by atoms with Crippen molar-refractivity contribution in [3.8, 4) is 5.75 Å². The number of nitrogens with one attached hydrogen (secondary N) is 2. The second-order valence-electron chi connectivity index (χ2n) is 8.48. The molecule has 0 aliphatic heterocycles. The van der Waals surface area contributed by atoms with Gasteiger partial charge in [0.05, 0.1) is 19.2 Å². The average molecular weight is 535 g/mol. The molecule has 0 fully saturated rings. The minimum atomic E-state index is -4.37. The molecule has 1 aromatic heterocycles. The van der Waals surface area contributed by atoms with E-state index < -0.39 is 11.7 Å². The zero-order valence-electron chi connectivity index (χ0n) is 20.8. The van der Waals surface area contributed by atoms with Gasteiger partial charge in [0, 0.05) is 42.3 Å². The van der Waals surface area contributed by atoms with Crippen LogP contribution in [-0.4, -0.2) is 48.9 Å². The number of aromatic nitrogens is 1. The van der Waals surface area contributed by atoms with Crippen LogP contribution in [0.4, 0.5) is 13.2 Å².